The summed E-state index contributed by atoms with van der Waals surface area (Å²) in [5, 5.41) is 11.7. The first kappa shape index (κ1) is 12.2. The van der Waals surface area contributed by atoms with Crippen molar-refractivity contribution in [3.63, 3.8) is 0 Å². The quantitative estimate of drug-likeness (QED) is 0.718. The molecule has 17 heavy (non-hydrogen) atoms. The van der Waals surface area contributed by atoms with E-state index < -0.39 is 11.4 Å². The monoisotopic (exact) mass is 241 g/mol. The van der Waals surface area contributed by atoms with Crippen molar-refractivity contribution in [3.8, 4) is 0 Å². The van der Waals surface area contributed by atoms with Gasteiger partial charge in [-0.3, -0.25) is 4.79 Å². The molecule has 2 amide bonds. The number of likely N-dealkylation sites (N-methyl/N-ethyl adjacent to an activating group) is 1. The van der Waals surface area contributed by atoms with Crippen LogP contribution in [-0.4, -0.2) is 66.7 Å². The molecule has 1 saturated heterocycles. The lowest BCUT2D eigenvalue weighted by Crippen LogP contribution is -2.51. The Kier molecular flexibility index (Phi) is 3.24. The summed E-state index contributed by atoms with van der Waals surface area (Å²) in [7, 11) is 2.03. The standard InChI is InChI=1S/C11H19N3O3/c1-13-4-6-14(7-5-13)10(17)12-8-11(2-3-11)9(15)16/h2-8H2,1H3,(H,12,17)(H,15,16). The van der Waals surface area contributed by atoms with Gasteiger partial charge in [0.2, 0.25) is 0 Å². The molecule has 96 valence electrons. The number of hydrogen-bond donors (Lipinski definition) is 2. The first-order chi connectivity index (χ1) is 8.03. The molecule has 2 aliphatic rings. The summed E-state index contributed by atoms with van der Waals surface area (Å²) >= 11 is 0. The topological polar surface area (TPSA) is 72.9 Å². The summed E-state index contributed by atoms with van der Waals surface area (Å²) in [6, 6.07) is -0.134. The molecular formula is C11H19N3O3. The lowest BCUT2D eigenvalue weighted by Gasteiger charge is -2.32. The van der Waals surface area contributed by atoms with E-state index >= 15 is 0 Å². The van der Waals surface area contributed by atoms with Crippen molar-refractivity contribution >= 4 is 12.0 Å². The maximum absolute atomic E-state index is 11.8. The fraction of sp³-hybridized carbons (Fsp3) is 0.818. The predicted molar refractivity (Wildman–Crippen MR) is 61.8 cm³/mol. The average Bonchev–Trinajstić information content (AvgIpc) is 3.08. The summed E-state index contributed by atoms with van der Waals surface area (Å²) in [5.74, 6) is -0.795. The second-order valence-corrected chi connectivity index (χ2v) is 5.03. The maximum atomic E-state index is 11.8. The number of carboxylic acid groups (broad SMARTS) is 1. The van der Waals surface area contributed by atoms with Crippen molar-refractivity contribution < 1.29 is 14.7 Å². The van der Waals surface area contributed by atoms with Crippen LogP contribution < -0.4 is 5.32 Å². The maximum Gasteiger partial charge on any atom is 0.317 e. The number of piperazine rings is 1. The van der Waals surface area contributed by atoms with E-state index in [1.807, 2.05) is 7.05 Å². The summed E-state index contributed by atoms with van der Waals surface area (Å²) in [6.45, 7) is 3.42. The minimum absolute atomic E-state index is 0.134. The average molecular weight is 241 g/mol. The van der Waals surface area contributed by atoms with Gasteiger partial charge in [0.05, 0.1) is 5.41 Å². The minimum Gasteiger partial charge on any atom is -0.481 e. The molecule has 0 aromatic rings. The number of nitrogens with zero attached hydrogens (tertiary/aromatic N) is 2. The molecule has 0 bridgehead atoms. The number of carbonyl (C=O) groups excluding carboxylic acids is 1. The molecule has 6 heteroatoms. The second kappa shape index (κ2) is 4.52. The summed E-state index contributed by atoms with van der Waals surface area (Å²) in [5.41, 5.74) is -0.678. The highest BCUT2D eigenvalue weighted by molar-refractivity contribution is 5.80. The van der Waals surface area contributed by atoms with E-state index in [2.05, 4.69) is 10.2 Å². The fourth-order valence-electron chi connectivity index (χ4n) is 1.98. The van der Waals surface area contributed by atoms with Gasteiger partial charge in [-0.25, -0.2) is 4.79 Å². The molecule has 1 saturated carbocycles. The van der Waals surface area contributed by atoms with E-state index in [1.165, 1.54) is 0 Å². The van der Waals surface area contributed by atoms with Gasteiger partial charge in [-0.15, -0.1) is 0 Å². The Morgan fingerprint density at radius 1 is 1.24 bits per heavy atom. The highest BCUT2D eigenvalue weighted by atomic mass is 16.4. The molecule has 1 aliphatic carbocycles. The number of nitrogens with one attached hydrogen (secondary N) is 1. The zero-order valence-electron chi connectivity index (χ0n) is 10.1. The van der Waals surface area contributed by atoms with E-state index in [0.717, 1.165) is 13.1 Å². The zero-order chi connectivity index (χ0) is 12.5. The third kappa shape index (κ3) is 2.69. The van der Waals surface area contributed by atoms with Crippen LogP contribution in [0.5, 0.6) is 0 Å². The van der Waals surface area contributed by atoms with Crippen molar-refractivity contribution in [3.05, 3.63) is 0 Å². The number of carbonyl (C=O) groups is 2. The third-order valence-corrected chi connectivity index (χ3v) is 3.68. The molecule has 2 rings (SSSR count). The number of urea groups is 1. The van der Waals surface area contributed by atoms with Gasteiger partial charge in [0.1, 0.15) is 0 Å². The molecule has 0 unspecified atom stereocenters. The van der Waals surface area contributed by atoms with Crippen molar-refractivity contribution in [2.45, 2.75) is 12.8 Å². The molecule has 0 radical (unpaired) electrons. The highest BCUT2D eigenvalue weighted by Gasteiger charge is 2.50. The van der Waals surface area contributed by atoms with Crippen LogP contribution in [0.2, 0.25) is 0 Å². The first-order valence-corrected chi connectivity index (χ1v) is 5.98. The Morgan fingerprint density at radius 3 is 2.29 bits per heavy atom. The van der Waals surface area contributed by atoms with Crippen LogP contribution >= 0.6 is 0 Å². The Bertz CT molecular complexity index is 320. The lowest BCUT2D eigenvalue weighted by atomic mass is 10.1. The number of amides is 2. The fourth-order valence-corrected chi connectivity index (χ4v) is 1.98. The van der Waals surface area contributed by atoms with Crippen molar-refractivity contribution in [1.82, 2.24) is 15.1 Å². The summed E-state index contributed by atoms with van der Waals surface area (Å²) < 4.78 is 0. The normalized spacial score (nSPS) is 23.2. The minimum atomic E-state index is -0.795. The Balaban J connectivity index is 1.76. The Morgan fingerprint density at radius 2 is 1.82 bits per heavy atom. The molecule has 1 aliphatic heterocycles. The van der Waals surface area contributed by atoms with Gasteiger partial charge in [-0.05, 0) is 19.9 Å². The number of aliphatic carboxylic acids is 1. The van der Waals surface area contributed by atoms with Crippen LogP contribution in [0, 0.1) is 5.41 Å². The number of hydrogen-bond acceptors (Lipinski definition) is 3. The number of carboxylic acids is 1. The molecule has 1 heterocycles. The molecule has 0 spiro atoms. The summed E-state index contributed by atoms with van der Waals surface area (Å²) in [6.07, 6.45) is 1.34. The van der Waals surface area contributed by atoms with Gasteiger partial charge in [0.25, 0.3) is 0 Å². The van der Waals surface area contributed by atoms with Crippen molar-refractivity contribution in [2.24, 2.45) is 5.41 Å². The van der Waals surface area contributed by atoms with Crippen molar-refractivity contribution in [2.75, 3.05) is 39.8 Å². The van der Waals surface area contributed by atoms with Gasteiger partial charge in [-0.2, -0.15) is 0 Å². The smallest absolute Gasteiger partial charge is 0.317 e. The molecule has 2 fully saturated rings. The van der Waals surface area contributed by atoms with E-state index in [9.17, 15) is 9.59 Å². The van der Waals surface area contributed by atoms with E-state index in [0.29, 0.717) is 25.9 Å². The SMILES string of the molecule is CN1CCN(C(=O)NCC2(C(=O)O)CC2)CC1. The lowest BCUT2D eigenvalue weighted by molar-refractivity contribution is -0.143. The largest absolute Gasteiger partial charge is 0.481 e. The first-order valence-electron chi connectivity index (χ1n) is 5.98. The molecule has 0 atom stereocenters. The number of rotatable bonds is 3. The third-order valence-electron chi connectivity index (χ3n) is 3.68. The summed E-state index contributed by atoms with van der Waals surface area (Å²) in [4.78, 5) is 26.7. The van der Waals surface area contributed by atoms with Gasteiger partial charge in [0, 0.05) is 32.7 Å². The van der Waals surface area contributed by atoms with Crippen molar-refractivity contribution in [1.29, 1.82) is 0 Å². The molecule has 0 aromatic heterocycles. The molecule has 0 aromatic carbocycles. The van der Waals surface area contributed by atoms with E-state index in [-0.39, 0.29) is 12.6 Å². The highest BCUT2D eigenvalue weighted by Crippen LogP contribution is 2.45. The van der Waals surface area contributed by atoms with Crippen LogP contribution in [0.15, 0.2) is 0 Å². The Hall–Kier alpha value is -1.30. The molecular weight excluding hydrogens is 222 g/mol. The predicted octanol–water partition coefficient (Wildman–Crippen LogP) is -0.192. The van der Waals surface area contributed by atoms with Gasteiger partial charge in [0.15, 0.2) is 0 Å². The van der Waals surface area contributed by atoms with E-state index in [4.69, 9.17) is 5.11 Å². The van der Waals surface area contributed by atoms with Gasteiger partial charge >= 0.3 is 12.0 Å². The van der Waals surface area contributed by atoms with Crippen LogP contribution in [-0.2, 0) is 4.79 Å². The zero-order valence-corrected chi connectivity index (χ0v) is 10.1. The van der Waals surface area contributed by atoms with Gasteiger partial charge in [-0.1, -0.05) is 0 Å². The molecule has 6 nitrogen and oxygen atoms in total. The van der Waals surface area contributed by atoms with Crippen LogP contribution in [0.1, 0.15) is 12.8 Å². The molecule has 2 N–H and O–H groups in total. The van der Waals surface area contributed by atoms with Crippen LogP contribution in [0.25, 0.3) is 0 Å². The Labute approximate surface area is 101 Å². The van der Waals surface area contributed by atoms with E-state index in [1.54, 1.807) is 4.90 Å². The second-order valence-electron chi connectivity index (χ2n) is 5.03. The van der Waals surface area contributed by atoms with Crippen LogP contribution in [0.3, 0.4) is 0 Å². The van der Waals surface area contributed by atoms with Gasteiger partial charge < -0.3 is 20.2 Å². The van der Waals surface area contributed by atoms with Crippen LogP contribution in [0.4, 0.5) is 4.79 Å².